The Labute approximate surface area is 170 Å². The number of nitrogens with zero attached hydrogens (tertiary/aromatic N) is 1. The highest BCUT2D eigenvalue weighted by atomic mass is 35.5. The maximum Gasteiger partial charge on any atom is 0.238 e. The zero-order valence-electron chi connectivity index (χ0n) is 16.0. The molecule has 1 heterocycles. The van der Waals surface area contributed by atoms with Gasteiger partial charge in [0.1, 0.15) is 11.5 Å². The molecule has 1 fully saturated rings. The molecule has 1 amide bonds. The lowest BCUT2D eigenvalue weighted by atomic mass is 9.87. The molecule has 1 saturated heterocycles. The third-order valence-electron chi connectivity index (χ3n) is 4.99. The van der Waals surface area contributed by atoms with E-state index >= 15 is 0 Å². The second kappa shape index (κ2) is 9.28. The number of hydrogen-bond acceptors (Lipinski definition) is 5. The number of piperidine rings is 1. The number of carbonyl (C=O) groups is 1. The molecule has 150 valence electrons. The lowest BCUT2D eigenvalue weighted by molar-refractivity contribution is -0.118. The Morgan fingerprint density at radius 1 is 1.25 bits per heavy atom. The van der Waals surface area contributed by atoms with Crippen LogP contribution in [0.25, 0.3) is 0 Å². The van der Waals surface area contributed by atoms with Crippen molar-refractivity contribution in [1.29, 1.82) is 0 Å². The minimum atomic E-state index is -0.547. The Kier molecular flexibility index (Phi) is 6.78. The van der Waals surface area contributed by atoms with Crippen molar-refractivity contribution in [2.24, 2.45) is 0 Å². The number of methoxy groups -OCH3 is 2. The van der Waals surface area contributed by atoms with E-state index in [2.05, 4.69) is 5.32 Å². The normalized spacial score (nSPS) is 19.9. The second-order valence-electron chi connectivity index (χ2n) is 6.87. The van der Waals surface area contributed by atoms with Gasteiger partial charge in [-0.1, -0.05) is 23.7 Å². The van der Waals surface area contributed by atoms with E-state index in [1.54, 1.807) is 32.4 Å². The van der Waals surface area contributed by atoms with Crippen LogP contribution in [0.5, 0.6) is 11.5 Å². The van der Waals surface area contributed by atoms with E-state index in [0.717, 1.165) is 24.3 Å². The lowest BCUT2D eigenvalue weighted by Crippen LogP contribution is -2.45. The molecule has 0 aliphatic carbocycles. The van der Waals surface area contributed by atoms with Gasteiger partial charge in [0.25, 0.3) is 0 Å². The molecular formula is C21H25ClN2O4. The first-order valence-corrected chi connectivity index (χ1v) is 9.55. The third kappa shape index (κ3) is 4.95. The minimum Gasteiger partial charge on any atom is -0.497 e. The summed E-state index contributed by atoms with van der Waals surface area (Å²) in [5, 5.41) is 14.0. The average molecular weight is 405 g/mol. The molecule has 1 aliphatic rings. The predicted octanol–water partition coefficient (Wildman–Crippen LogP) is 3.15. The summed E-state index contributed by atoms with van der Waals surface area (Å²) in [4.78, 5) is 14.4. The van der Waals surface area contributed by atoms with Crippen molar-refractivity contribution >= 4 is 23.2 Å². The summed E-state index contributed by atoms with van der Waals surface area (Å²) in [6.07, 6.45) is 0.219. The molecular weight excluding hydrogens is 380 g/mol. The fourth-order valence-electron chi connectivity index (χ4n) is 3.57. The van der Waals surface area contributed by atoms with E-state index in [1.165, 1.54) is 0 Å². The molecule has 0 radical (unpaired) electrons. The van der Waals surface area contributed by atoms with Gasteiger partial charge in [-0.15, -0.1) is 0 Å². The first-order valence-electron chi connectivity index (χ1n) is 9.18. The summed E-state index contributed by atoms with van der Waals surface area (Å²) < 4.78 is 10.5. The van der Waals surface area contributed by atoms with Crippen LogP contribution in [0.4, 0.5) is 5.69 Å². The fourth-order valence-corrected chi connectivity index (χ4v) is 3.74. The van der Waals surface area contributed by atoms with Gasteiger partial charge in [-0.25, -0.2) is 0 Å². The molecule has 2 atom stereocenters. The summed E-state index contributed by atoms with van der Waals surface area (Å²) in [5.74, 6) is 1.19. The Morgan fingerprint density at radius 2 is 2.07 bits per heavy atom. The highest BCUT2D eigenvalue weighted by Crippen LogP contribution is 2.31. The van der Waals surface area contributed by atoms with Crippen molar-refractivity contribution in [2.75, 3.05) is 39.2 Å². The second-order valence-corrected chi connectivity index (χ2v) is 7.30. The zero-order chi connectivity index (χ0) is 20.1. The van der Waals surface area contributed by atoms with Crippen LogP contribution in [-0.2, 0) is 4.79 Å². The third-order valence-corrected chi connectivity index (χ3v) is 5.23. The molecule has 1 aliphatic heterocycles. The number of halogens is 1. The number of aliphatic hydroxyl groups is 1. The highest BCUT2D eigenvalue weighted by molar-refractivity contribution is 6.31. The molecule has 3 rings (SSSR count). The first kappa shape index (κ1) is 20.5. The van der Waals surface area contributed by atoms with Crippen LogP contribution in [0.1, 0.15) is 17.9 Å². The van der Waals surface area contributed by atoms with Crippen molar-refractivity contribution in [3.05, 3.63) is 53.1 Å². The maximum absolute atomic E-state index is 12.5. The van der Waals surface area contributed by atoms with Crippen molar-refractivity contribution in [3.8, 4) is 11.5 Å². The number of ether oxygens (including phenoxy) is 2. The summed E-state index contributed by atoms with van der Waals surface area (Å²) in [6.45, 7) is 1.35. The smallest absolute Gasteiger partial charge is 0.238 e. The minimum absolute atomic E-state index is 0.0300. The molecule has 2 N–H and O–H groups in total. The largest absolute Gasteiger partial charge is 0.497 e. The monoisotopic (exact) mass is 404 g/mol. The number of carbonyl (C=O) groups excluding carboxylic acids is 1. The van der Waals surface area contributed by atoms with Crippen LogP contribution in [0.15, 0.2) is 42.5 Å². The summed E-state index contributed by atoms with van der Waals surface area (Å²) in [5.41, 5.74) is 1.59. The van der Waals surface area contributed by atoms with Gasteiger partial charge in [0.2, 0.25) is 5.91 Å². The van der Waals surface area contributed by atoms with Gasteiger partial charge >= 0.3 is 0 Å². The SMILES string of the molecule is COc1cccc([C@@H]2CCN(CC(=O)Nc3cc(Cl)ccc3OC)C[C@H]2O)c1. The molecule has 0 unspecified atom stereocenters. The number of benzene rings is 2. The molecule has 0 spiro atoms. The quantitative estimate of drug-likeness (QED) is 0.773. The topological polar surface area (TPSA) is 71.0 Å². The molecule has 0 saturated carbocycles. The van der Waals surface area contributed by atoms with Crippen molar-refractivity contribution in [2.45, 2.75) is 18.4 Å². The molecule has 0 aromatic heterocycles. The average Bonchev–Trinajstić information content (AvgIpc) is 2.68. The summed E-state index contributed by atoms with van der Waals surface area (Å²) >= 11 is 6.00. The Bertz CT molecular complexity index is 830. The van der Waals surface area contributed by atoms with Crippen molar-refractivity contribution in [3.63, 3.8) is 0 Å². The molecule has 2 aromatic carbocycles. The number of aliphatic hydroxyl groups excluding tert-OH is 1. The summed E-state index contributed by atoms with van der Waals surface area (Å²) in [6, 6.07) is 12.9. The van der Waals surface area contributed by atoms with Gasteiger partial charge in [0, 0.05) is 17.5 Å². The first-order chi connectivity index (χ1) is 13.5. The van der Waals surface area contributed by atoms with E-state index in [9.17, 15) is 9.90 Å². The number of likely N-dealkylation sites (tertiary alicyclic amines) is 1. The Morgan fingerprint density at radius 3 is 2.79 bits per heavy atom. The number of amides is 1. The molecule has 2 aromatic rings. The van der Waals surface area contributed by atoms with E-state index in [0.29, 0.717) is 23.0 Å². The number of β-amino-alcohol motifs (C(OH)–C–C–N with tert-alkyl or cyclic N) is 1. The Balaban J connectivity index is 1.58. The van der Waals surface area contributed by atoms with Gasteiger partial charge in [-0.3, -0.25) is 9.69 Å². The number of nitrogens with one attached hydrogen (secondary N) is 1. The Hall–Kier alpha value is -2.28. The number of hydrogen-bond donors (Lipinski definition) is 2. The molecule has 6 nitrogen and oxygen atoms in total. The fraction of sp³-hybridized carbons (Fsp3) is 0.381. The molecule has 7 heteroatoms. The lowest BCUT2D eigenvalue weighted by Gasteiger charge is -2.35. The van der Waals surface area contributed by atoms with Crippen LogP contribution >= 0.6 is 11.6 Å². The van der Waals surface area contributed by atoms with E-state index in [4.69, 9.17) is 21.1 Å². The van der Waals surface area contributed by atoms with Crippen LogP contribution in [-0.4, -0.2) is 55.9 Å². The van der Waals surface area contributed by atoms with Gasteiger partial charge in [0.05, 0.1) is 32.6 Å². The van der Waals surface area contributed by atoms with Crippen molar-refractivity contribution < 1.29 is 19.4 Å². The molecule has 0 bridgehead atoms. The van der Waals surface area contributed by atoms with Crippen molar-refractivity contribution in [1.82, 2.24) is 4.90 Å². The maximum atomic E-state index is 12.5. The van der Waals surface area contributed by atoms with Gasteiger partial charge in [-0.2, -0.15) is 0 Å². The van der Waals surface area contributed by atoms with Crippen LogP contribution in [0.2, 0.25) is 5.02 Å². The summed E-state index contributed by atoms with van der Waals surface area (Å²) in [7, 11) is 3.17. The number of anilines is 1. The van der Waals surface area contributed by atoms with E-state index < -0.39 is 6.10 Å². The number of rotatable bonds is 6. The zero-order valence-corrected chi connectivity index (χ0v) is 16.8. The van der Waals surface area contributed by atoms with Gasteiger partial charge < -0.3 is 19.9 Å². The van der Waals surface area contributed by atoms with E-state index in [-0.39, 0.29) is 18.4 Å². The van der Waals surface area contributed by atoms with Gasteiger partial charge in [-0.05, 0) is 48.9 Å². The van der Waals surface area contributed by atoms with Gasteiger partial charge in [0.15, 0.2) is 0 Å². The predicted molar refractivity (Wildman–Crippen MR) is 109 cm³/mol. The van der Waals surface area contributed by atoms with Crippen LogP contribution < -0.4 is 14.8 Å². The van der Waals surface area contributed by atoms with Crippen LogP contribution in [0.3, 0.4) is 0 Å². The van der Waals surface area contributed by atoms with E-state index in [1.807, 2.05) is 29.2 Å². The highest BCUT2D eigenvalue weighted by Gasteiger charge is 2.30. The molecule has 28 heavy (non-hydrogen) atoms. The standard InChI is InChI=1S/C21H25ClN2O4/c1-27-16-5-3-4-14(10-16)17-8-9-24(12-19(17)25)13-21(26)23-18-11-15(22)6-7-20(18)28-2/h3-7,10-11,17,19,25H,8-9,12-13H2,1-2H3,(H,23,26)/t17-,19+/m0/s1. The van der Waals surface area contributed by atoms with Crippen LogP contribution in [0, 0.1) is 0 Å².